The summed E-state index contributed by atoms with van der Waals surface area (Å²) in [5.41, 5.74) is 1.45. The lowest BCUT2D eigenvalue weighted by molar-refractivity contribution is 0.0103. The monoisotopic (exact) mass is 322 g/mol. The van der Waals surface area contributed by atoms with E-state index in [1.165, 1.54) is 96.8 Å². The van der Waals surface area contributed by atoms with Crippen LogP contribution in [0.4, 0.5) is 0 Å². The van der Waals surface area contributed by atoms with Crippen LogP contribution in [0.15, 0.2) is 0 Å². The maximum absolute atomic E-state index is 2.73. The standard InChI is InChI=1S/C21H42N2/c1-5-8-20(9-6-2)10-12-21(13-11-20)14-18-23(19-15-21)17-7-16-22(3)4/h5-19H2,1-4H3. The molecule has 0 amide bonds. The molecule has 2 fully saturated rings. The first-order valence-corrected chi connectivity index (χ1v) is 10.4. The molecule has 0 radical (unpaired) electrons. The van der Waals surface area contributed by atoms with E-state index in [0.717, 1.165) is 10.8 Å². The minimum Gasteiger partial charge on any atom is -0.309 e. The van der Waals surface area contributed by atoms with Crippen molar-refractivity contribution in [2.24, 2.45) is 10.8 Å². The molecule has 1 saturated heterocycles. The van der Waals surface area contributed by atoms with E-state index in [1.54, 1.807) is 0 Å². The first-order chi connectivity index (χ1) is 11.0. The number of nitrogens with zero attached hydrogens (tertiary/aromatic N) is 2. The summed E-state index contributed by atoms with van der Waals surface area (Å²) in [4.78, 5) is 5.04. The predicted octanol–water partition coefficient (Wildman–Crippen LogP) is 5.18. The van der Waals surface area contributed by atoms with Crippen molar-refractivity contribution < 1.29 is 0 Å². The second-order valence-corrected chi connectivity index (χ2v) is 9.00. The zero-order valence-corrected chi connectivity index (χ0v) is 16.5. The van der Waals surface area contributed by atoms with E-state index < -0.39 is 0 Å². The third kappa shape index (κ3) is 5.46. The van der Waals surface area contributed by atoms with Gasteiger partial charge < -0.3 is 9.80 Å². The summed E-state index contributed by atoms with van der Waals surface area (Å²) in [5.74, 6) is 0. The quantitative estimate of drug-likeness (QED) is 0.607. The minimum absolute atomic E-state index is 0.720. The van der Waals surface area contributed by atoms with Gasteiger partial charge >= 0.3 is 0 Å². The first-order valence-electron chi connectivity index (χ1n) is 10.4. The Morgan fingerprint density at radius 1 is 0.826 bits per heavy atom. The van der Waals surface area contributed by atoms with Crippen LogP contribution < -0.4 is 0 Å². The Kier molecular flexibility index (Phi) is 7.41. The molecular formula is C21H42N2. The highest BCUT2D eigenvalue weighted by Crippen LogP contribution is 2.53. The fourth-order valence-corrected chi connectivity index (χ4v) is 5.36. The smallest absolute Gasteiger partial charge is 0.000654 e. The molecule has 0 bridgehead atoms. The number of likely N-dealkylation sites (tertiary alicyclic amines) is 1. The molecule has 0 aromatic carbocycles. The number of rotatable bonds is 8. The van der Waals surface area contributed by atoms with E-state index in [-0.39, 0.29) is 0 Å². The number of hydrogen-bond donors (Lipinski definition) is 0. The normalized spacial score (nSPS) is 24.4. The Morgan fingerprint density at radius 2 is 1.39 bits per heavy atom. The van der Waals surface area contributed by atoms with Gasteiger partial charge in [-0.15, -0.1) is 0 Å². The molecule has 2 heteroatoms. The molecule has 1 aliphatic carbocycles. The van der Waals surface area contributed by atoms with Crippen LogP contribution in [0, 0.1) is 10.8 Å². The zero-order valence-electron chi connectivity index (χ0n) is 16.5. The third-order valence-corrected chi connectivity index (χ3v) is 6.93. The number of piperidine rings is 1. The maximum Gasteiger partial charge on any atom is -0.000654 e. The fourth-order valence-electron chi connectivity index (χ4n) is 5.36. The average Bonchev–Trinajstić information content (AvgIpc) is 2.53. The van der Waals surface area contributed by atoms with Crippen LogP contribution in [-0.4, -0.2) is 50.1 Å². The van der Waals surface area contributed by atoms with Gasteiger partial charge in [0.1, 0.15) is 0 Å². The molecule has 1 heterocycles. The molecule has 136 valence electrons. The van der Waals surface area contributed by atoms with Crippen LogP contribution in [-0.2, 0) is 0 Å². The largest absolute Gasteiger partial charge is 0.309 e. The average molecular weight is 323 g/mol. The lowest BCUT2D eigenvalue weighted by Gasteiger charge is -2.50. The summed E-state index contributed by atoms with van der Waals surface area (Å²) in [6.45, 7) is 10.0. The molecule has 2 nitrogen and oxygen atoms in total. The van der Waals surface area contributed by atoms with Crippen molar-refractivity contribution in [2.45, 2.75) is 84.5 Å². The minimum atomic E-state index is 0.720. The van der Waals surface area contributed by atoms with Crippen LogP contribution in [0.5, 0.6) is 0 Å². The Hall–Kier alpha value is -0.0800. The van der Waals surface area contributed by atoms with E-state index >= 15 is 0 Å². The van der Waals surface area contributed by atoms with E-state index in [1.807, 2.05) is 0 Å². The van der Waals surface area contributed by atoms with Gasteiger partial charge in [-0.1, -0.05) is 26.7 Å². The van der Waals surface area contributed by atoms with Gasteiger partial charge in [0, 0.05) is 0 Å². The van der Waals surface area contributed by atoms with Crippen molar-refractivity contribution in [1.29, 1.82) is 0 Å². The lowest BCUT2D eigenvalue weighted by atomic mass is 9.58. The summed E-state index contributed by atoms with van der Waals surface area (Å²) >= 11 is 0. The Morgan fingerprint density at radius 3 is 1.87 bits per heavy atom. The van der Waals surface area contributed by atoms with E-state index in [9.17, 15) is 0 Å². The van der Waals surface area contributed by atoms with Crippen LogP contribution in [0.2, 0.25) is 0 Å². The van der Waals surface area contributed by atoms with Gasteiger partial charge in [-0.05, 0) is 109 Å². The fraction of sp³-hybridized carbons (Fsp3) is 1.00. The molecule has 0 aromatic heterocycles. The van der Waals surface area contributed by atoms with Gasteiger partial charge in [0.05, 0.1) is 0 Å². The van der Waals surface area contributed by atoms with Crippen LogP contribution in [0.25, 0.3) is 0 Å². The molecule has 0 unspecified atom stereocenters. The molecule has 0 N–H and O–H groups in total. The van der Waals surface area contributed by atoms with E-state index in [4.69, 9.17) is 0 Å². The molecule has 0 aromatic rings. The SMILES string of the molecule is CCCC1(CCC)CCC2(CCN(CCCN(C)C)CC2)CC1. The highest BCUT2D eigenvalue weighted by molar-refractivity contribution is 4.95. The summed E-state index contributed by atoms with van der Waals surface area (Å²) < 4.78 is 0. The van der Waals surface area contributed by atoms with E-state index in [2.05, 4.69) is 37.7 Å². The van der Waals surface area contributed by atoms with Gasteiger partial charge in [-0.3, -0.25) is 0 Å². The molecule has 1 spiro atoms. The van der Waals surface area contributed by atoms with E-state index in [0.29, 0.717) is 0 Å². The molecule has 0 atom stereocenters. The van der Waals surface area contributed by atoms with Crippen LogP contribution >= 0.6 is 0 Å². The highest BCUT2D eigenvalue weighted by Gasteiger charge is 2.42. The molecule has 1 saturated carbocycles. The van der Waals surface area contributed by atoms with Gasteiger partial charge in [0.25, 0.3) is 0 Å². The van der Waals surface area contributed by atoms with Crippen molar-refractivity contribution >= 4 is 0 Å². The summed E-state index contributed by atoms with van der Waals surface area (Å²) in [5, 5.41) is 0. The Bertz CT molecular complexity index is 311. The van der Waals surface area contributed by atoms with Crippen LogP contribution in [0.3, 0.4) is 0 Å². The van der Waals surface area contributed by atoms with Crippen molar-refractivity contribution in [3.8, 4) is 0 Å². The van der Waals surface area contributed by atoms with Crippen molar-refractivity contribution in [2.75, 3.05) is 40.3 Å². The lowest BCUT2D eigenvalue weighted by Crippen LogP contribution is -2.44. The maximum atomic E-state index is 2.73. The highest BCUT2D eigenvalue weighted by atomic mass is 15.1. The Balaban J connectivity index is 1.76. The van der Waals surface area contributed by atoms with Gasteiger partial charge in [-0.2, -0.15) is 0 Å². The summed E-state index contributed by atoms with van der Waals surface area (Å²) in [6.07, 6.45) is 16.1. The third-order valence-electron chi connectivity index (χ3n) is 6.93. The summed E-state index contributed by atoms with van der Waals surface area (Å²) in [6, 6.07) is 0. The van der Waals surface area contributed by atoms with Crippen LogP contribution in [0.1, 0.15) is 84.5 Å². The molecule has 2 rings (SSSR count). The molecule has 2 aliphatic rings. The van der Waals surface area contributed by atoms with Crippen molar-refractivity contribution in [1.82, 2.24) is 9.80 Å². The number of hydrogen-bond acceptors (Lipinski definition) is 2. The zero-order chi connectivity index (χ0) is 16.8. The first kappa shape index (κ1) is 19.2. The van der Waals surface area contributed by atoms with Gasteiger partial charge in [0.2, 0.25) is 0 Å². The second kappa shape index (κ2) is 8.85. The van der Waals surface area contributed by atoms with Gasteiger partial charge in [-0.25, -0.2) is 0 Å². The topological polar surface area (TPSA) is 6.48 Å². The second-order valence-electron chi connectivity index (χ2n) is 9.00. The predicted molar refractivity (Wildman–Crippen MR) is 102 cm³/mol. The Labute approximate surface area is 146 Å². The van der Waals surface area contributed by atoms with Crippen molar-refractivity contribution in [3.63, 3.8) is 0 Å². The summed E-state index contributed by atoms with van der Waals surface area (Å²) in [7, 11) is 4.37. The molecule has 23 heavy (non-hydrogen) atoms. The molecule has 1 aliphatic heterocycles. The van der Waals surface area contributed by atoms with Crippen molar-refractivity contribution in [3.05, 3.63) is 0 Å². The molecular weight excluding hydrogens is 280 g/mol. The van der Waals surface area contributed by atoms with Gasteiger partial charge in [0.15, 0.2) is 0 Å².